The molecule has 0 saturated carbocycles. The van der Waals surface area contributed by atoms with Crippen LogP contribution in [0, 0.1) is 13.8 Å². The summed E-state index contributed by atoms with van der Waals surface area (Å²) in [5.41, 5.74) is 3.57. The summed E-state index contributed by atoms with van der Waals surface area (Å²) >= 11 is 3.39. The highest BCUT2D eigenvalue weighted by molar-refractivity contribution is 9.10. The maximum atomic E-state index is 12.2. The summed E-state index contributed by atoms with van der Waals surface area (Å²) in [6.07, 6.45) is 1.68. The Hall–Kier alpha value is -1.88. The first-order valence-corrected chi connectivity index (χ1v) is 7.02. The second-order valence-electron chi connectivity index (χ2n) is 4.55. The fourth-order valence-corrected chi connectivity index (χ4v) is 2.08. The summed E-state index contributed by atoms with van der Waals surface area (Å²) < 4.78 is 0.921. The fourth-order valence-electron chi connectivity index (χ4n) is 1.87. The highest BCUT2D eigenvalue weighted by Crippen LogP contribution is 2.19. The molecular weight excluding hydrogens is 318 g/mol. The second-order valence-corrected chi connectivity index (χ2v) is 5.41. The molecule has 1 heterocycles. The van der Waals surface area contributed by atoms with E-state index >= 15 is 0 Å². The van der Waals surface area contributed by atoms with Crippen molar-refractivity contribution in [1.82, 2.24) is 4.98 Å². The molecule has 2 N–H and O–H groups in total. The topological polar surface area (TPSA) is 54.0 Å². The zero-order valence-corrected chi connectivity index (χ0v) is 13.2. The number of anilines is 2. The number of carbonyl (C=O) groups is 1. The lowest BCUT2D eigenvalue weighted by Crippen LogP contribution is -2.14. The van der Waals surface area contributed by atoms with Gasteiger partial charge < -0.3 is 10.6 Å². The minimum absolute atomic E-state index is 0.153. The van der Waals surface area contributed by atoms with Crippen LogP contribution in [0.15, 0.2) is 34.9 Å². The molecule has 2 rings (SSSR count). The number of rotatable bonds is 3. The molecule has 0 bridgehead atoms. The van der Waals surface area contributed by atoms with E-state index in [1.54, 1.807) is 6.20 Å². The summed E-state index contributed by atoms with van der Waals surface area (Å²) in [6, 6.07) is 7.46. The summed E-state index contributed by atoms with van der Waals surface area (Å²) in [5.74, 6) is 0.396. The van der Waals surface area contributed by atoms with Crippen LogP contribution in [0.5, 0.6) is 0 Å². The zero-order chi connectivity index (χ0) is 14.7. The summed E-state index contributed by atoms with van der Waals surface area (Å²) in [4.78, 5) is 16.4. The molecule has 0 atom stereocenters. The van der Waals surface area contributed by atoms with Gasteiger partial charge in [-0.15, -0.1) is 0 Å². The smallest absolute Gasteiger partial charge is 0.257 e. The number of aromatic nitrogens is 1. The molecule has 0 radical (unpaired) electrons. The number of halogens is 1. The fraction of sp³-hybridized carbons (Fsp3) is 0.200. The van der Waals surface area contributed by atoms with E-state index in [-0.39, 0.29) is 5.91 Å². The zero-order valence-electron chi connectivity index (χ0n) is 11.6. The van der Waals surface area contributed by atoms with Crippen molar-refractivity contribution in [1.29, 1.82) is 0 Å². The van der Waals surface area contributed by atoms with E-state index in [2.05, 4.69) is 31.5 Å². The number of hydrogen-bond donors (Lipinski definition) is 2. The van der Waals surface area contributed by atoms with Crippen molar-refractivity contribution in [3.63, 3.8) is 0 Å². The van der Waals surface area contributed by atoms with Gasteiger partial charge >= 0.3 is 0 Å². The minimum Gasteiger partial charge on any atom is -0.388 e. The third kappa shape index (κ3) is 3.17. The van der Waals surface area contributed by atoms with E-state index in [1.807, 2.05) is 45.2 Å². The molecule has 0 aliphatic heterocycles. The van der Waals surface area contributed by atoms with Crippen molar-refractivity contribution in [3.8, 4) is 0 Å². The van der Waals surface area contributed by atoms with Gasteiger partial charge in [0.15, 0.2) is 0 Å². The molecule has 0 aliphatic rings. The van der Waals surface area contributed by atoms with Gasteiger partial charge in [0.2, 0.25) is 0 Å². The highest BCUT2D eigenvalue weighted by Gasteiger charge is 2.10. The summed E-state index contributed by atoms with van der Waals surface area (Å²) in [6.45, 7) is 3.87. The maximum absolute atomic E-state index is 12.2. The van der Waals surface area contributed by atoms with Crippen LogP contribution in [0.25, 0.3) is 0 Å². The van der Waals surface area contributed by atoms with Crippen LogP contribution in [0.2, 0.25) is 0 Å². The number of nitrogens with zero attached hydrogens (tertiary/aromatic N) is 1. The lowest BCUT2D eigenvalue weighted by atomic mass is 10.1. The van der Waals surface area contributed by atoms with Crippen molar-refractivity contribution >= 4 is 33.3 Å². The van der Waals surface area contributed by atoms with Gasteiger partial charge in [0.25, 0.3) is 5.91 Å². The molecule has 0 unspecified atom stereocenters. The average Bonchev–Trinajstić information content (AvgIpc) is 2.42. The Morgan fingerprint density at radius 1 is 1.20 bits per heavy atom. The van der Waals surface area contributed by atoms with Gasteiger partial charge in [-0.1, -0.05) is 0 Å². The van der Waals surface area contributed by atoms with E-state index in [1.165, 1.54) is 0 Å². The van der Waals surface area contributed by atoms with Gasteiger partial charge in [-0.05, 0) is 65.2 Å². The Kier molecular flexibility index (Phi) is 4.39. The number of hydrogen-bond acceptors (Lipinski definition) is 3. The van der Waals surface area contributed by atoms with Gasteiger partial charge in [-0.2, -0.15) is 0 Å². The lowest BCUT2D eigenvalue weighted by Gasteiger charge is -2.09. The summed E-state index contributed by atoms with van der Waals surface area (Å²) in [5, 5.41) is 5.86. The first-order valence-electron chi connectivity index (χ1n) is 6.23. The molecule has 104 valence electrons. The molecule has 0 aliphatic carbocycles. The van der Waals surface area contributed by atoms with Crippen LogP contribution >= 0.6 is 15.9 Å². The predicted octanol–water partition coefficient (Wildman–Crippen LogP) is 3.75. The Balaban J connectivity index is 2.21. The van der Waals surface area contributed by atoms with Crippen molar-refractivity contribution in [2.45, 2.75) is 13.8 Å². The van der Waals surface area contributed by atoms with E-state index in [0.29, 0.717) is 11.4 Å². The Labute approximate surface area is 126 Å². The monoisotopic (exact) mass is 333 g/mol. The molecule has 0 fully saturated rings. The van der Waals surface area contributed by atoms with Crippen molar-refractivity contribution in [2.24, 2.45) is 0 Å². The SMILES string of the molecule is CNc1ccc(C(=O)Nc2cc(C)c(Br)cn2)c(C)c1. The molecule has 1 amide bonds. The first kappa shape index (κ1) is 14.5. The second kappa shape index (κ2) is 6.05. The normalized spacial score (nSPS) is 10.2. The molecule has 4 nitrogen and oxygen atoms in total. The maximum Gasteiger partial charge on any atom is 0.257 e. The number of benzene rings is 1. The van der Waals surface area contributed by atoms with Crippen molar-refractivity contribution < 1.29 is 4.79 Å². The number of aryl methyl sites for hydroxylation is 2. The van der Waals surface area contributed by atoms with Gasteiger partial charge in [0.1, 0.15) is 5.82 Å². The van der Waals surface area contributed by atoms with Gasteiger partial charge in [-0.25, -0.2) is 4.98 Å². The number of amides is 1. The summed E-state index contributed by atoms with van der Waals surface area (Å²) in [7, 11) is 1.85. The van der Waals surface area contributed by atoms with Crippen LogP contribution in [0.1, 0.15) is 21.5 Å². The molecule has 0 spiro atoms. The molecule has 20 heavy (non-hydrogen) atoms. The number of nitrogens with one attached hydrogen (secondary N) is 2. The quantitative estimate of drug-likeness (QED) is 0.899. The van der Waals surface area contributed by atoms with Crippen LogP contribution in [0.4, 0.5) is 11.5 Å². The lowest BCUT2D eigenvalue weighted by molar-refractivity contribution is 0.102. The molecule has 1 aromatic carbocycles. The largest absolute Gasteiger partial charge is 0.388 e. The van der Waals surface area contributed by atoms with E-state index in [0.717, 1.165) is 21.3 Å². The Morgan fingerprint density at radius 2 is 1.95 bits per heavy atom. The highest BCUT2D eigenvalue weighted by atomic mass is 79.9. The first-order chi connectivity index (χ1) is 9.51. The average molecular weight is 334 g/mol. The minimum atomic E-state index is -0.153. The van der Waals surface area contributed by atoms with Crippen LogP contribution in [0.3, 0.4) is 0 Å². The molecular formula is C15H16BrN3O. The number of pyridine rings is 1. The van der Waals surface area contributed by atoms with Crippen molar-refractivity contribution in [2.75, 3.05) is 17.7 Å². The van der Waals surface area contributed by atoms with Crippen molar-refractivity contribution in [3.05, 3.63) is 51.6 Å². The van der Waals surface area contributed by atoms with E-state index < -0.39 is 0 Å². The van der Waals surface area contributed by atoms with E-state index in [4.69, 9.17) is 0 Å². The molecule has 2 aromatic rings. The molecule has 0 saturated heterocycles. The third-order valence-electron chi connectivity index (χ3n) is 3.05. The predicted molar refractivity (Wildman–Crippen MR) is 85.4 cm³/mol. The molecule has 1 aromatic heterocycles. The van der Waals surface area contributed by atoms with Crippen LogP contribution < -0.4 is 10.6 Å². The van der Waals surface area contributed by atoms with Crippen LogP contribution in [-0.2, 0) is 0 Å². The Bertz CT molecular complexity index is 656. The van der Waals surface area contributed by atoms with Gasteiger partial charge in [0.05, 0.1) is 0 Å². The van der Waals surface area contributed by atoms with E-state index in [9.17, 15) is 4.79 Å². The third-order valence-corrected chi connectivity index (χ3v) is 3.88. The van der Waals surface area contributed by atoms with Gasteiger partial charge in [-0.3, -0.25) is 4.79 Å². The van der Waals surface area contributed by atoms with Gasteiger partial charge in [0, 0.05) is 29.0 Å². The number of carbonyl (C=O) groups excluding carboxylic acids is 1. The standard InChI is InChI=1S/C15H16BrN3O/c1-9-6-11(17-3)4-5-12(9)15(20)19-14-7-10(2)13(16)8-18-14/h4-8,17H,1-3H3,(H,18,19,20). The van der Waals surface area contributed by atoms with Crippen LogP contribution in [-0.4, -0.2) is 17.9 Å². The molecule has 5 heteroatoms. The Morgan fingerprint density at radius 3 is 2.55 bits per heavy atom.